The minimum atomic E-state index is -1.42. The average Bonchev–Trinajstić information content (AvgIpc) is 3.44. The predicted molar refractivity (Wildman–Crippen MR) is 153 cm³/mol. The molecule has 4 aromatic rings. The Morgan fingerprint density at radius 1 is 0.902 bits per heavy atom. The molecule has 5 heterocycles. The highest BCUT2D eigenvalue weighted by Gasteiger charge is 2.50. The van der Waals surface area contributed by atoms with Gasteiger partial charge in [-0.1, -0.05) is 48.5 Å². The predicted octanol–water partition coefficient (Wildman–Crippen LogP) is 7.26. The van der Waals surface area contributed by atoms with Crippen LogP contribution in [0.3, 0.4) is 0 Å². The van der Waals surface area contributed by atoms with E-state index in [1.807, 2.05) is 42.0 Å². The summed E-state index contributed by atoms with van der Waals surface area (Å²) in [5.41, 5.74) is 8.94. The van der Waals surface area contributed by atoms with Crippen LogP contribution >= 0.6 is 0 Å². The van der Waals surface area contributed by atoms with Gasteiger partial charge in [0, 0.05) is 47.6 Å². The topological polar surface area (TPSA) is 10.4 Å². The van der Waals surface area contributed by atoms with E-state index in [2.05, 4.69) is 59.1 Å². The molecule has 0 bridgehead atoms. The van der Waals surface area contributed by atoms with Crippen LogP contribution in [-0.2, 0) is 12.8 Å². The van der Waals surface area contributed by atoms with Crippen molar-refractivity contribution in [3.63, 3.8) is 0 Å². The third-order valence-electron chi connectivity index (χ3n) is 9.53. The fraction of sp³-hybridized carbons (Fsp3) is 0.229. The monoisotopic (exact) mass is 548 g/mol. The highest BCUT2D eigenvalue weighted by Crippen LogP contribution is 2.52. The van der Waals surface area contributed by atoms with Gasteiger partial charge in [-0.15, -0.1) is 0 Å². The van der Waals surface area contributed by atoms with Gasteiger partial charge in [0.05, 0.1) is 5.56 Å². The summed E-state index contributed by atoms with van der Waals surface area (Å²) in [5, 5.41) is 0. The molecule has 0 N–H and O–H groups in total. The second kappa shape index (κ2) is 8.84. The summed E-state index contributed by atoms with van der Waals surface area (Å²) in [5.74, 6) is -3.71. The zero-order valence-corrected chi connectivity index (χ0v) is 22.7. The van der Waals surface area contributed by atoms with Crippen molar-refractivity contribution in [1.82, 2.24) is 9.80 Å². The van der Waals surface area contributed by atoms with Crippen molar-refractivity contribution in [2.45, 2.75) is 44.3 Å². The van der Waals surface area contributed by atoms with Crippen molar-refractivity contribution in [1.29, 1.82) is 0 Å². The minimum Gasteiger partial charge on any atom is -0.352 e. The van der Waals surface area contributed by atoms with E-state index in [0.29, 0.717) is 17.7 Å². The van der Waals surface area contributed by atoms with Crippen molar-refractivity contribution in [3.05, 3.63) is 131 Å². The number of aromatic nitrogens is 1. The van der Waals surface area contributed by atoms with Gasteiger partial charge < -0.3 is 9.80 Å². The molecule has 0 saturated heterocycles. The number of pyridine rings is 1. The van der Waals surface area contributed by atoms with Crippen LogP contribution in [0.15, 0.2) is 85.8 Å². The summed E-state index contributed by atoms with van der Waals surface area (Å²) in [7, 11) is 0. The van der Waals surface area contributed by atoms with Crippen LogP contribution < -0.4 is 4.57 Å². The van der Waals surface area contributed by atoms with Crippen molar-refractivity contribution < 1.29 is 17.7 Å². The number of hydrogen-bond acceptors (Lipinski definition) is 2. The minimum absolute atomic E-state index is 0.0170. The van der Waals surface area contributed by atoms with Gasteiger partial charge in [-0.3, -0.25) is 0 Å². The smallest absolute Gasteiger partial charge is 0.218 e. The molecule has 3 unspecified atom stereocenters. The zero-order valence-electron chi connectivity index (χ0n) is 22.7. The molecule has 41 heavy (non-hydrogen) atoms. The van der Waals surface area contributed by atoms with E-state index in [-0.39, 0.29) is 30.1 Å². The lowest BCUT2D eigenvalue weighted by molar-refractivity contribution is -0.573. The Bertz CT molecular complexity index is 1790. The van der Waals surface area contributed by atoms with Crippen LogP contribution in [0.25, 0.3) is 28.1 Å². The van der Waals surface area contributed by atoms with E-state index < -0.39 is 17.5 Å². The van der Waals surface area contributed by atoms with E-state index in [1.165, 1.54) is 16.7 Å². The Hall–Kier alpha value is -4.32. The van der Waals surface area contributed by atoms with Crippen molar-refractivity contribution in [2.75, 3.05) is 6.54 Å². The molecule has 4 aliphatic rings. The molecule has 0 amide bonds. The first-order valence-electron chi connectivity index (χ1n) is 14.2. The molecule has 0 aliphatic carbocycles. The van der Waals surface area contributed by atoms with Gasteiger partial charge in [0.2, 0.25) is 11.4 Å². The Balaban J connectivity index is 1.42. The highest BCUT2D eigenvalue weighted by atomic mass is 19.2. The first-order chi connectivity index (χ1) is 19.9. The fourth-order valence-electron chi connectivity index (χ4n) is 7.65. The number of nitrogens with zero attached hydrogens (tertiary/aromatic N) is 3. The molecule has 0 fully saturated rings. The molecule has 0 radical (unpaired) electrons. The number of rotatable bonds is 1. The standard InChI is InChI=1S/C35H29F3N3/c1-20-17-30-27-18-29(36)33(38)32(37)25(27)11-12-26-24-10-6-9-23-13-14-39-15-16-40(35(39)31(23)24)34(26)21(2)41(30)19-28(20)22-7-4-3-5-8-22/h3-10,15-19,26,34-35H,2,11-14H2,1H3/q+1. The van der Waals surface area contributed by atoms with Crippen LogP contribution in [0.5, 0.6) is 0 Å². The van der Waals surface area contributed by atoms with E-state index in [0.717, 1.165) is 41.4 Å². The normalized spacial score (nSPS) is 21.9. The van der Waals surface area contributed by atoms with E-state index in [4.69, 9.17) is 0 Å². The molecule has 3 nitrogen and oxygen atoms in total. The van der Waals surface area contributed by atoms with Gasteiger partial charge in [0.1, 0.15) is 12.2 Å². The lowest BCUT2D eigenvalue weighted by Crippen LogP contribution is -2.53. The quantitative estimate of drug-likeness (QED) is 0.183. The van der Waals surface area contributed by atoms with E-state index in [1.54, 1.807) is 0 Å². The van der Waals surface area contributed by atoms with Crippen LogP contribution in [0.4, 0.5) is 13.2 Å². The molecule has 3 aromatic carbocycles. The Labute approximate surface area is 237 Å². The SMILES string of the molecule is C=C1C2C(CCc3c(cc(F)c(F)c3F)-c3cc(C)c(-c4ccccc4)c[n+]31)c1cccc3c1C1N(C=CN21)CC3. The molecular weight excluding hydrogens is 519 g/mol. The third-order valence-corrected chi connectivity index (χ3v) is 9.53. The zero-order chi connectivity index (χ0) is 28.0. The molecule has 6 heteroatoms. The molecule has 0 spiro atoms. The fourth-order valence-corrected chi connectivity index (χ4v) is 7.65. The first-order valence-corrected chi connectivity index (χ1v) is 14.2. The summed E-state index contributed by atoms with van der Waals surface area (Å²) in [6.07, 6.45) is 8.27. The molecule has 204 valence electrons. The molecule has 8 rings (SSSR count). The van der Waals surface area contributed by atoms with Gasteiger partial charge in [0.15, 0.2) is 23.6 Å². The van der Waals surface area contributed by atoms with Gasteiger partial charge in [-0.05, 0) is 61.1 Å². The molecular formula is C35H29F3N3+. The number of halogens is 3. The van der Waals surface area contributed by atoms with Crippen molar-refractivity contribution >= 4 is 5.70 Å². The molecule has 0 saturated carbocycles. The van der Waals surface area contributed by atoms with Gasteiger partial charge in [0.25, 0.3) is 0 Å². The van der Waals surface area contributed by atoms with Gasteiger partial charge in [-0.25, -0.2) is 13.2 Å². The summed E-state index contributed by atoms with van der Waals surface area (Å²) in [4.78, 5) is 4.78. The summed E-state index contributed by atoms with van der Waals surface area (Å²) in [6.45, 7) is 7.63. The Morgan fingerprint density at radius 2 is 1.73 bits per heavy atom. The Morgan fingerprint density at radius 3 is 2.56 bits per heavy atom. The van der Waals surface area contributed by atoms with Gasteiger partial charge in [-0.2, -0.15) is 4.57 Å². The largest absolute Gasteiger partial charge is 0.352 e. The molecule has 3 atom stereocenters. The van der Waals surface area contributed by atoms with Crippen LogP contribution in [0.2, 0.25) is 0 Å². The summed E-state index contributed by atoms with van der Waals surface area (Å²) in [6, 6.07) is 19.6. The van der Waals surface area contributed by atoms with Crippen LogP contribution in [0.1, 0.15) is 46.3 Å². The van der Waals surface area contributed by atoms with E-state index in [9.17, 15) is 8.78 Å². The van der Waals surface area contributed by atoms with Gasteiger partial charge >= 0.3 is 0 Å². The Kier molecular flexibility index (Phi) is 5.28. The second-order valence-corrected chi connectivity index (χ2v) is 11.6. The maximum atomic E-state index is 15.6. The van der Waals surface area contributed by atoms with Crippen LogP contribution in [-0.4, -0.2) is 22.4 Å². The number of fused-ring (bicyclic) bond motifs is 6. The average molecular weight is 549 g/mol. The maximum absolute atomic E-state index is 15.6. The van der Waals surface area contributed by atoms with Crippen molar-refractivity contribution in [2.24, 2.45) is 0 Å². The van der Waals surface area contributed by atoms with Crippen molar-refractivity contribution in [3.8, 4) is 22.4 Å². The third kappa shape index (κ3) is 3.43. The molecule has 4 aliphatic heterocycles. The lowest BCUT2D eigenvalue weighted by Gasteiger charge is -2.48. The second-order valence-electron chi connectivity index (χ2n) is 11.6. The number of benzene rings is 3. The van der Waals surface area contributed by atoms with Crippen LogP contribution in [0, 0.1) is 24.4 Å². The maximum Gasteiger partial charge on any atom is 0.218 e. The number of hydrogen-bond donors (Lipinski definition) is 0. The number of aryl methyl sites for hydroxylation is 1. The highest BCUT2D eigenvalue weighted by molar-refractivity contribution is 5.71. The summed E-state index contributed by atoms with van der Waals surface area (Å²) >= 11 is 0. The first kappa shape index (κ1) is 24.5. The summed E-state index contributed by atoms with van der Waals surface area (Å²) < 4.78 is 47.2. The molecule has 1 aromatic heterocycles. The van der Waals surface area contributed by atoms with E-state index >= 15 is 4.39 Å². The lowest BCUT2D eigenvalue weighted by atomic mass is 9.75.